The summed E-state index contributed by atoms with van der Waals surface area (Å²) in [7, 11) is 0. The molecule has 3 rings (SSSR count). The Bertz CT molecular complexity index is 854. The maximum Gasteiger partial charge on any atom is 0.270 e. The lowest BCUT2D eigenvalue weighted by atomic mass is 10.1. The van der Waals surface area contributed by atoms with Crippen molar-refractivity contribution in [2.45, 2.75) is 0 Å². The number of hydrogen-bond donors (Lipinski definition) is 1. The highest BCUT2D eigenvalue weighted by Crippen LogP contribution is 2.31. The zero-order chi connectivity index (χ0) is 18.7. The highest BCUT2D eigenvalue weighted by Gasteiger charge is 2.20. The first-order valence-electron chi connectivity index (χ1n) is 7.83. The number of nitro groups is 1. The lowest BCUT2D eigenvalue weighted by Crippen LogP contribution is -2.36. The highest BCUT2D eigenvalue weighted by molar-refractivity contribution is 6.34. The molecule has 1 amide bonds. The van der Waals surface area contributed by atoms with Gasteiger partial charge in [-0.05, 0) is 24.3 Å². The number of rotatable bonds is 4. The smallest absolute Gasteiger partial charge is 0.270 e. The molecule has 1 saturated heterocycles. The van der Waals surface area contributed by atoms with Crippen molar-refractivity contribution in [1.29, 1.82) is 0 Å². The summed E-state index contributed by atoms with van der Waals surface area (Å²) in [5, 5.41) is 14.3. The third-order valence-electron chi connectivity index (χ3n) is 3.96. The Morgan fingerprint density at radius 2 is 1.88 bits per heavy atom. The number of nitro benzene ring substituents is 1. The zero-order valence-corrected chi connectivity index (χ0v) is 15.1. The van der Waals surface area contributed by atoms with Crippen LogP contribution >= 0.6 is 23.2 Å². The fourth-order valence-electron chi connectivity index (χ4n) is 2.68. The molecule has 1 aliphatic heterocycles. The van der Waals surface area contributed by atoms with Gasteiger partial charge in [-0.1, -0.05) is 23.2 Å². The molecule has 2 aromatic carbocycles. The summed E-state index contributed by atoms with van der Waals surface area (Å²) < 4.78 is 5.35. The van der Waals surface area contributed by atoms with Gasteiger partial charge in [0.2, 0.25) is 0 Å². The molecule has 0 spiro atoms. The van der Waals surface area contributed by atoms with E-state index in [0.29, 0.717) is 37.0 Å². The van der Waals surface area contributed by atoms with Gasteiger partial charge in [0.05, 0.1) is 40.1 Å². The molecule has 2 aromatic rings. The third kappa shape index (κ3) is 4.07. The van der Waals surface area contributed by atoms with Gasteiger partial charge in [0.15, 0.2) is 0 Å². The molecule has 0 aromatic heterocycles. The van der Waals surface area contributed by atoms with Gasteiger partial charge in [0, 0.05) is 30.2 Å². The first-order valence-corrected chi connectivity index (χ1v) is 8.59. The number of non-ortho nitro benzene ring substituents is 1. The summed E-state index contributed by atoms with van der Waals surface area (Å²) in [6.07, 6.45) is 0. The molecule has 136 valence electrons. The van der Waals surface area contributed by atoms with Crippen LogP contribution in [0.25, 0.3) is 0 Å². The lowest BCUT2D eigenvalue weighted by molar-refractivity contribution is -0.384. The van der Waals surface area contributed by atoms with Crippen LogP contribution in [-0.4, -0.2) is 37.1 Å². The fraction of sp³-hybridized carbons (Fsp3) is 0.235. The predicted molar refractivity (Wildman–Crippen MR) is 101 cm³/mol. The van der Waals surface area contributed by atoms with Crippen molar-refractivity contribution in [2.75, 3.05) is 36.5 Å². The molecule has 9 heteroatoms. The number of hydrogen-bond acceptors (Lipinski definition) is 5. The van der Waals surface area contributed by atoms with Gasteiger partial charge < -0.3 is 15.0 Å². The van der Waals surface area contributed by atoms with E-state index < -0.39 is 10.8 Å². The Morgan fingerprint density at radius 1 is 1.15 bits per heavy atom. The molecule has 0 atom stereocenters. The Kier molecular flexibility index (Phi) is 5.61. The van der Waals surface area contributed by atoms with Crippen molar-refractivity contribution in [1.82, 2.24) is 0 Å². The van der Waals surface area contributed by atoms with Gasteiger partial charge in [-0.15, -0.1) is 0 Å². The number of amides is 1. The molecule has 0 saturated carbocycles. The topological polar surface area (TPSA) is 84.7 Å². The van der Waals surface area contributed by atoms with Crippen molar-refractivity contribution < 1.29 is 14.5 Å². The van der Waals surface area contributed by atoms with Crippen molar-refractivity contribution in [3.05, 3.63) is 62.1 Å². The van der Waals surface area contributed by atoms with E-state index in [9.17, 15) is 14.9 Å². The van der Waals surface area contributed by atoms with Gasteiger partial charge in [-0.25, -0.2) is 0 Å². The van der Waals surface area contributed by atoms with Crippen molar-refractivity contribution in [3.63, 3.8) is 0 Å². The largest absolute Gasteiger partial charge is 0.378 e. The lowest BCUT2D eigenvalue weighted by Gasteiger charge is -2.30. The van der Waals surface area contributed by atoms with Crippen molar-refractivity contribution in [2.24, 2.45) is 0 Å². The van der Waals surface area contributed by atoms with E-state index in [-0.39, 0.29) is 16.3 Å². The molecule has 0 radical (unpaired) electrons. The molecule has 26 heavy (non-hydrogen) atoms. The maximum absolute atomic E-state index is 12.7. The van der Waals surface area contributed by atoms with Crippen LogP contribution in [0.3, 0.4) is 0 Å². The van der Waals surface area contributed by atoms with Gasteiger partial charge in [0.1, 0.15) is 0 Å². The number of carbonyl (C=O) groups is 1. The van der Waals surface area contributed by atoms with E-state index in [4.69, 9.17) is 27.9 Å². The van der Waals surface area contributed by atoms with Crippen LogP contribution in [0, 0.1) is 10.1 Å². The van der Waals surface area contributed by atoms with E-state index in [1.54, 1.807) is 12.1 Å². The summed E-state index contributed by atoms with van der Waals surface area (Å²) in [4.78, 5) is 25.1. The monoisotopic (exact) mass is 395 g/mol. The van der Waals surface area contributed by atoms with Gasteiger partial charge in [-0.3, -0.25) is 14.9 Å². The molecule has 1 heterocycles. The number of nitrogens with one attached hydrogen (secondary N) is 1. The SMILES string of the molecule is O=C(Nc1cc(Cl)ccc1N1CCOCC1)c1cc([N+](=O)[O-])ccc1Cl. The first kappa shape index (κ1) is 18.4. The van der Waals surface area contributed by atoms with E-state index in [1.807, 2.05) is 6.07 Å². The number of ether oxygens (including phenoxy) is 1. The maximum atomic E-state index is 12.7. The summed E-state index contributed by atoms with van der Waals surface area (Å²) in [5.41, 5.74) is 1.12. The van der Waals surface area contributed by atoms with Gasteiger partial charge >= 0.3 is 0 Å². The molecule has 0 bridgehead atoms. The Balaban J connectivity index is 1.91. The number of halogens is 2. The quantitative estimate of drug-likeness (QED) is 0.624. The number of anilines is 2. The van der Waals surface area contributed by atoms with Crippen LogP contribution in [0.2, 0.25) is 10.0 Å². The second kappa shape index (κ2) is 7.90. The minimum atomic E-state index is -0.578. The highest BCUT2D eigenvalue weighted by atomic mass is 35.5. The van der Waals surface area contributed by atoms with Crippen LogP contribution in [0.5, 0.6) is 0 Å². The first-order chi connectivity index (χ1) is 12.5. The number of morpholine rings is 1. The Labute approximate surface area is 159 Å². The van der Waals surface area contributed by atoms with Crippen LogP contribution in [0.15, 0.2) is 36.4 Å². The summed E-state index contributed by atoms with van der Waals surface area (Å²) in [5.74, 6) is -0.546. The Hall–Kier alpha value is -2.35. The minimum absolute atomic E-state index is 0.0220. The molecule has 0 unspecified atom stereocenters. The summed E-state index contributed by atoms with van der Waals surface area (Å²) in [6.45, 7) is 2.55. The van der Waals surface area contributed by atoms with Gasteiger partial charge in [0.25, 0.3) is 11.6 Å². The average Bonchev–Trinajstić information content (AvgIpc) is 2.62. The predicted octanol–water partition coefficient (Wildman–Crippen LogP) is 3.99. The van der Waals surface area contributed by atoms with Crippen LogP contribution in [0.4, 0.5) is 17.1 Å². The van der Waals surface area contributed by atoms with E-state index >= 15 is 0 Å². The van der Waals surface area contributed by atoms with Crippen molar-refractivity contribution in [3.8, 4) is 0 Å². The Morgan fingerprint density at radius 3 is 2.58 bits per heavy atom. The molecule has 0 aliphatic carbocycles. The minimum Gasteiger partial charge on any atom is -0.378 e. The number of carbonyl (C=O) groups excluding carboxylic acids is 1. The molecular formula is C17H15Cl2N3O4. The van der Waals surface area contributed by atoms with E-state index in [0.717, 1.165) is 11.8 Å². The molecular weight excluding hydrogens is 381 g/mol. The summed E-state index contributed by atoms with van der Waals surface area (Å²) >= 11 is 12.1. The molecule has 1 aliphatic rings. The number of nitrogens with zero attached hydrogens (tertiary/aromatic N) is 2. The zero-order valence-electron chi connectivity index (χ0n) is 13.6. The fourth-order valence-corrected chi connectivity index (χ4v) is 3.05. The molecule has 1 N–H and O–H groups in total. The molecule has 7 nitrogen and oxygen atoms in total. The van der Waals surface area contributed by atoms with Crippen LogP contribution < -0.4 is 10.2 Å². The standard InChI is InChI=1S/C17H15Cl2N3O4/c18-11-1-4-16(21-5-7-26-8-6-21)15(9-11)20-17(23)13-10-12(22(24)25)2-3-14(13)19/h1-4,9-10H,5-8H2,(H,20,23). The second-order valence-electron chi connectivity index (χ2n) is 5.64. The summed E-state index contributed by atoms with van der Waals surface area (Å²) in [6, 6.07) is 8.92. The normalized spacial score (nSPS) is 14.2. The number of benzene rings is 2. The van der Waals surface area contributed by atoms with Crippen molar-refractivity contribution >= 4 is 46.2 Å². The van der Waals surface area contributed by atoms with Gasteiger partial charge in [-0.2, -0.15) is 0 Å². The molecule has 1 fully saturated rings. The second-order valence-corrected chi connectivity index (χ2v) is 6.48. The van der Waals surface area contributed by atoms with Crippen LogP contribution in [-0.2, 0) is 4.74 Å². The van der Waals surface area contributed by atoms with Crippen LogP contribution in [0.1, 0.15) is 10.4 Å². The third-order valence-corrected chi connectivity index (χ3v) is 4.53. The van der Waals surface area contributed by atoms with E-state index in [2.05, 4.69) is 10.2 Å². The van der Waals surface area contributed by atoms with E-state index in [1.165, 1.54) is 12.1 Å². The average molecular weight is 396 g/mol.